The quantitative estimate of drug-likeness (QED) is 0.863. The first-order chi connectivity index (χ1) is 10.2. The van der Waals surface area contributed by atoms with Gasteiger partial charge in [-0.25, -0.2) is 4.39 Å². The van der Waals surface area contributed by atoms with Crippen molar-refractivity contribution in [2.45, 2.75) is 25.4 Å². The Morgan fingerprint density at radius 2 is 2.00 bits per heavy atom. The van der Waals surface area contributed by atoms with E-state index in [1.807, 2.05) is 23.8 Å². The molecular formula is C16H20FN3S. The summed E-state index contributed by atoms with van der Waals surface area (Å²) < 4.78 is 13.0. The third kappa shape index (κ3) is 3.60. The van der Waals surface area contributed by atoms with Gasteiger partial charge in [0.1, 0.15) is 5.82 Å². The molecule has 0 amide bonds. The molecule has 2 aromatic rings. The minimum Gasteiger partial charge on any atom is -0.371 e. The highest BCUT2D eigenvalue weighted by Crippen LogP contribution is 2.23. The first kappa shape index (κ1) is 14.5. The molecule has 5 heteroatoms. The molecule has 0 bridgehead atoms. The molecule has 0 radical (unpaired) electrons. The Labute approximate surface area is 129 Å². The van der Waals surface area contributed by atoms with E-state index in [1.165, 1.54) is 17.0 Å². The number of rotatable bonds is 4. The normalized spacial score (nSPS) is 16.6. The summed E-state index contributed by atoms with van der Waals surface area (Å²) in [5.74, 6) is -0.169. The van der Waals surface area contributed by atoms with Gasteiger partial charge in [-0.1, -0.05) is 0 Å². The predicted octanol–water partition coefficient (Wildman–Crippen LogP) is 3.38. The molecule has 2 heterocycles. The average molecular weight is 305 g/mol. The summed E-state index contributed by atoms with van der Waals surface area (Å²) in [7, 11) is 2.19. The van der Waals surface area contributed by atoms with Gasteiger partial charge in [-0.3, -0.25) is 9.88 Å². The Hall–Kier alpha value is -1.46. The van der Waals surface area contributed by atoms with Crippen molar-refractivity contribution in [3.8, 4) is 0 Å². The Balaban J connectivity index is 1.53. The lowest BCUT2D eigenvalue weighted by atomic mass is 10.0. The third-order valence-electron chi connectivity index (χ3n) is 4.17. The molecule has 21 heavy (non-hydrogen) atoms. The zero-order valence-corrected chi connectivity index (χ0v) is 13.0. The Bertz CT molecular complexity index is 547. The van der Waals surface area contributed by atoms with Crippen LogP contribution >= 0.6 is 11.3 Å². The van der Waals surface area contributed by atoms with Crippen molar-refractivity contribution in [2.75, 3.05) is 25.0 Å². The highest BCUT2D eigenvalue weighted by Gasteiger charge is 2.22. The van der Waals surface area contributed by atoms with Crippen LogP contribution in [0, 0.1) is 5.82 Å². The van der Waals surface area contributed by atoms with Crippen molar-refractivity contribution in [3.05, 3.63) is 46.7 Å². The summed E-state index contributed by atoms with van der Waals surface area (Å²) in [5, 5.41) is 0. The van der Waals surface area contributed by atoms with E-state index in [4.69, 9.17) is 0 Å². The maximum Gasteiger partial charge on any atom is 0.123 e. The molecule has 1 aromatic carbocycles. The third-order valence-corrected chi connectivity index (χ3v) is 4.93. The topological polar surface area (TPSA) is 19.4 Å². The van der Waals surface area contributed by atoms with Gasteiger partial charge in [0.05, 0.1) is 5.51 Å². The van der Waals surface area contributed by atoms with Gasteiger partial charge in [0.2, 0.25) is 0 Å². The van der Waals surface area contributed by atoms with Crippen molar-refractivity contribution >= 4 is 17.0 Å². The van der Waals surface area contributed by atoms with Gasteiger partial charge in [-0.15, -0.1) is 11.3 Å². The number of hydrogen-bond acceptors (Lipinski definition) is 4. The molecule has 3 rings (SSSR count). The van der Waals surface area contributed by atoms with Crippen LogP contribution in [0.5, 0.6) is 0 Å². The second kappa shape index (κ2) is 6.54. The fourth-order valence-electron chi connectivity index (χ4n) is 2.91. The first-order valence-electron chi connectivity index (χ1n) is 7.30. The van der Waals surface area contributed by atoms with Gasteiger partial charge in [-0.2, -0.15) is 0 Å². The number of anilines is 1. The SMILES string of the molecule is CN(Cc1cncs1)C1CCN(c2ccc(F)cc2)CC1. The van der Waals surface area contributed by atoms with E-state index in [2.05, 4.69) is 21.8 Å². The number of nitrogens with zero attached hydrogens (tertiary/aromatic N) is 3. The lowest BCUT2D eigenvalue weighted by Crippen LogP contribution is -2.43. The number of thiazole rings is 1. The zero-order valence-electron chi connectivity index (χ0n) is 12.2. The molecule has 3 nitrogen and oxygen atoms in total. The molecule has 1 saturated heterocycles. The second-order valence-electron chi connectivity index (χ2n) is 5.58. The lowest BCUT2D eigenvalue weighted by Gasteiger charge is -2.37. The van der Waals surface area contributed by atoms with Crippen molar-refractivity contribution in [1.29, 1.82) is 0 Å². The molecule has 0 aliphatic carbocycles. The molecule has 1 aliphatic rings. The molecule has 1 aromatic heterocycles. The van der Waals surface area contributed by atoms with Gasteiger partial charge < -0.3 is 4.90 Å². The summed E-state index contributed by atoms with van der Waals surface area (Å²) >= 11 is 1.72. The van der Waals surface area contributed by atoms with E-state index in [1.54, 1.807) is 11.3 Å². The van der Waals surface area contributed by atoms with Crippen molar-refractivity contribution < 1.29 is 4.39 Å². The smallest absolute Gasteiger partial charge is 0.123 e. The molecule has 0 N–H and O–H groups in total. The van der Waals surface area contributed by atoms with Crippen molar-refractivity contribution in [1.82, 2.24) is 9.88 Å². The van der Waals surface area contributed by atoms with E-state index < -0.39 is 0 Å². The van der Waals surface area contributed by atoms with Crippen molar-refractivity contribution in [3.63, 3.8) is 0 Å². The number of halogens is 1. The number of piperidine rings is 1. The monoisotopic (exact) mass is 305 g/mol. The van der Waals surface area contributed by atoms with Crippen LogP contribution in [0.2, 0.25) is 0 Å². The highest BCUT2D eigenvalue weighted by molar-refractivity contribution is 7.09. The van der Waals surface area contributed by atoms with Crippen LogP contribution in [0.3, 0.4) is 0 Å². The van der Waals surface area contributed by atoms with Gasteiger partial charge in [0, 0.05) is 42.4 Å². The van der Waals surface area contributed by atoms with Gasteiger partial charge in [0.25, 0.3) is 0 Å². The van der Waals surface area contributed by atoms with Gasteiger partial charge in [0.15, 0.2) is 0 Å². The number of benzene rings is 1. The molecule has 1 fully saturated rings. The first-order valence-corrected chi connectivity index (χ1v) is 8.18. The molecule has 112 valence electrons. The summed E-state index contributed by atoms with van der Waals surface area (Å²) in [5.41, 5.74) is 3.01. The van der Waals surface area contributed by atoms with Crippen LogP contribution in [0.25, 0.3) is 0 Å². The maximum atomic E-state index is 13.0. The summed E-state index contributed by atoms with van der Waals surface area (Å²) in [4.78, 5) is 10.2. The minimum atomic E-state index is -0.169. The van der Waals surface area contributed by atoms with E-state index in [9.17, 15) is 4.39 Å². The minimum absolute atomic E-state index is 0.169. The van der Waals surface area contributed by atoms with E-state index in [0.29, 0.717) is 6.04 Å². The molecular weight excluding hydrogens is 285 g/mol. The largest absolute Gasteiger partial charge is 0.371 e. The maximum absolute atomic E-state index is 13.0. The van der Waals surface area contributed by atoms with Gasteiger partial charge >= 0.3 is 0 Å². The molecule has 0 atom stereocenters. The van der Waals surface area contributed by atoms with Crippen molar-refractivity contribution in [2.24, 2.45) is 0 Å². The summed E-state index contributed by atoms with van der Waals surface area (Å²) in [6.45, 7) is 3.04. The standard InChI is InChI=1S/C16H20FN3S/c1-19(11-16-10-18-12-21-16)14-6-8-20(9-7-14)15-4-2-13(17)3-5-15/h2-5,10,12,14H,6-9,11H2,1H3. The fourth-order valence-corrected chi connectivity index (χ4v) is 3.57. The number of aromatic nitrogens is 1. The zero-order chi connectivity index (χ0) is 14.7. The number of hydrogen-bond donors (Lipinski definition) is 0. The Kier molecular flexibility index (Phi) is 4.51. The molecule has 0 unspecified atom stereocenters. The molecule has 0 spiro atoms. The Morgan fingerprint density at radius 3 is 2.62 bits per heavy atom. The van der Waals surface area contributed by atoms with Gasteiger partial charge in [-0.05, 0) is 44.2 Å². The molecule has 1 aliphatic heterocycles. The van der Waals surface area contributed by atoms with Crippen LogP contribution in [-0.4, -0.2) is 36.1 Å². The van der Waals surface area contributed by atoms with E-state index >= 15 is 0 Å². The van der Waals surface area contributed by atoms with Crippen LogP contribution < -0.4 is 4.90 Å². The predicted molar refractivity (Wildman–Crippen MR) is 85.2 cm³/mol. The Morgan fingerprint density at radius 1 is 1.29 bits per heavy atom. The van der Waals surface area contributed by atoms with E-state index in [0.717, 1.165) is 38.2 Å². The lowest BCUT2D eigenvalue weighted by molar-refractivity contribution is 0.202. The van der Waals surface area contributed by atoms with E-state index in [-0.39, 0.29) is 5.82 Å². The fraction of sp³-hybridized carbons (Fsp3) is 0.438. The van der Waals surface area contributed by atoms with Crippen LogP contribution in [-0.2, 0) is 6.54 Å². The van der Waals surface area contributed by atoms with Crippen LogP contribution in [0.15, 0.2) is 36.0 Å². The molecule has 0 saturated carbocycles. The highest BCUT2D eigenvalue weighted by atomic mass is 32.1. The average Bonchev–Trinajstić information content (AvgIpc) is 3.01. The van der Waals surface area contributed by atoms with Crippen LogP contribution in [0.4, 0.5) is 10.1 Å². The summed E-state index contributed by atoms with van der Waals surface area (Å²) in [6, 6.07) is 7.44. The van der Waals surface area contributed by atoms with Crippen LogP contribution in [0.1, 0.15) is 17.7 Å². The summed E-state index contributed by atoms with van der Waals surface area (Å²) in [6.07, 6.45) is 4.24. The second-order valence-corrected chi connectivity index (χ2v) is 6.55.